The first-order valence-electron chi connectivity index (χ1n) is 11.0. The van der Waals surface area contributed by atoms with Crippen molar-refractivity contribution < 1.29 is 24.8 Å². The Morgan fingerprint density at radius 1 is 1.23 bits per heavy atom. The molecule has 31 heavy (non-hydrogen) atoms. The number of phenolic OH excluding ortho intramolecular Hbond substituents is 2. The summed E-state index contributed by atoms with van der Waals surface area (Å²) in [6.45, 7) is 2.81. The van der Waals surface area contributed by atoms with E-state index in [9.17, 15) is 20.6 Å². The number of nitriles is 1. The van der Waals surface area contributed by atoms with Crippen molar-refractivity contribution in [3.63, 3.8) is 0 Å². The number of aliphatic hydroxyl groups excluding tert-OH is 1. The molecule has 6 unspecified atom stereocenters. The SMILES string of the molecule is COc1c(C)c(O)c2c(c1O)C(CO)N1C3C2N2CCOC2[C@H]2C[C@@H](C1C#N)N(C)C32. The van der Waals surface area contributed by atoms with Crippen LogP contribution in [0, 0.1) is 24.2 Å². The van der Waals surface area contributed by atoms with E-state index in [2.05, 4.69) is 27.8 Å². The first-order chi connectivity index (χ1) is 15.0. The van der Waals surface area contributed by atoms with Crippen LogP contribution in [0.2, 0.25) is 0 Å². The van der Waals surface area contributed by atoms with Crippen molar-refractivity contribution in [1.82, 2.24) is 14.7 Å². The van der Waals surface area contributed by atoms with Crippen molar-refractivity contribution in [2.75, 3.05) is 33.9 Å². The minimum absolute atomic E-state index is 0.0275. The molecule has 3 N–H and O–H groups in total. The minimum Gasteiger partial charge on any atom is -0.507 e. The van der Waals surface area contributed by atoms with Crippen LogP contribution in [-0.4, -0.2) is 94.3 Å². The number of rotatable bonds is 2. The first kappa shape index (κ1) is 19.6. The molecule has 4 saturated heterocycles. The van der Waals surface area contributed by atoms with E-state index in [0.29, 0.717) is 23.3 Å². The lowest BCUT2D eigenvalue weighted by Crippen LogP contribution is -2.72. The predicted molar refractivity (Wildman–Crippen MR) is 109 cm³/mol. The average Bonchev–Trinajstić information content (AvgIpc) is 3.34. The number of piperazine rings is 1. The molecule has 6 rings (SSSR count). The van der Waals surface area contributed by atoms with Gasteiger partial charge in [-0.05, 0) is 20.4 Å². The fraction of sp³-hybridized carbons (Fsp3) is 0.682. The van der Waals surface area contributed by atoms with Gasteiger partial charge in [-0.15, -0.1) is 0 Å². The van der Waals surface area contributed by atoms with Crippen molar-refractivity contribution in [2.24, 2.45) is 5.92 Å². The highest BCUT2D eigenvalue weighted by Gasteiger charge is 2.68. The number of phenols is 2. The summed E-state index contributed by atoms with van der Waals surface area (Å²) in [5.41, 5.74) is 1.59. The van der Waals surface area contributed by atoms with E-state index in [-0.39, 0.29) is 60.2 Å². The standard InChI is InChI=1S/C22H28N4O5/c1-9-19(28)15-14(20(29)21(9)30-3)13(8-27)26-12(7-23)11-6-10-16(24(11)2)18(26)17(15)25-4-5-31-22(10)25/h10-13,16-18,22,27-29H,4-6,8H2,1-3H3/t10-,11-,12?,13?,16?,17?,18?,22?/m0/s1. The van der Waals surface area contributed by atoms with Crippen LogP contribution in [-0.2, 0) is 4.74 Å². The van der Waals surface area contributed by atoms with Gasteiger partial charge in [-0.25, -0.2) is 0 Å². The van der Waals surface area contributed by atoms with E-state index in [1.165, 1.54) is 7.11 Å². The Morgan fingerprint density at radius 3 is 2.68 bits per heavy atom. The van der Waals surface area contributed by atoms with E-state index >= 15 is 0 Å². The van der Waals surface area contributed by atoms with Crippen LogP contribution in [0.1, 0.15) is 35.2 Å². The molecule has 2 bridgehead atoms. The smallest absolute Gasteiger partial charge is 0.167 e. The van der Waals surface area contributed by atoms with Crippen LogP contribution in [0.15, 0.2) is 0 Å². The quantitative estimate of drug-likeness (QED) is 0.578. The summed E-state index contributed by atoms with van der Waals surface area (Å²) >= 11 is 0. The molecule has 0 spiro atoms. The number of likely N-dealkylation sites (N-methyl/N-ethyl adjacent to an activating group) is 1. The molecule has 5 aliphatic heterocycles. The largest absolute Gasteiger partial charge is 0.507 e. The fourth-order valence-electron chi connectivity index (χ4n) is 7.49. The molecule has 0 radical (unpaired) electrons. The van der Waals surface area contributed by atoms with E-state index in [1.807, 2.05) is 0 Å². The van der Waals surface area contributed by atoms with Gasteiger partial charge in [0.05, 0.1) is 38.5 Å². The number of fused-ring (bicyclic) bond motifs is 6. The Morgan fingerprint density at radius 2 is 2.00 bits per heavy atom. The Kier molecular flexibility index (Phi) is 4.08. The Bertz CT molecular complexity index is 995. The van der Waals surface area contributed by atoms with E-state index in [0.717, 1.165) is 13.0 Å². The fourth-order valence-corrected chi connectivity index (χ4v) is 7.49. The third kappa shape index (κ3) is 2.12. The topological polar surface area (TPSA) is 113 Å². The zero-order chi connectivity index (χ0) is 21.8. The van der Waals surface area contributed by atoms with Gasteiger partial charge in [0, 0.05) is 47.3 Å². The van der Waals surface area contributed by atoms with E-state index < -0.39 is 12.1 Å². The normalized spacial score (nSPS) is 41.0. The zero-order valence-corrected chi connectivity index (χ0v) is 17.9. The second-order valence-corrected chi connectivity index (χ2v) is 9.46. The third-order valence-corrected chi connectivity index (χ3v) is 8.55. The van der Waals surface area contributed by atoms with Gasteiger partial charge in [-0.1, -0.05) is 0 Å². The molecular weight excluding hydrogens is 400 g/mol. The molecule has 0 aliphatic carbocycles. The monoisotopic (exact) mass is 428 g/mol. The highest BCUT2D eigenvalue weighted by molar-refractivity contribution is 5.65. The molecule has 9 heteroatoms. The number of hydrogen-bond acceptors (Lipinski definition) is 9. The third-order valence-electron chi connectivity index (χ3n) is 8.55. The molecule has 0 amide bonds. The Labute approximate surface area is 181 Å². The van der Waals surface area contributed by atoms with Gasteiger partial charge in [0.25, 0.3) is 0 Å². The number of hydrogen-bond donors (Lipinski definition) is 3. The molecular formula is C22H28N4O5. The van der Waals surface area contributed by atoms with Gasteiger partial charge in [0.2, 0.25) is 0 Å². The van der Waals surface area contributed by atoms with Gasteiger partial charge >= 0.3 is 0 Å². The van der Waals surface area contributed by atoms with E-state index in [4.69, 9.17) is 9.47 Å². The predicted octanol–water partition coefficient (Wildman–Crippen LogP) is 0.440. The minimum atomic E-state index is -0.598. The number of benzene rings is 1. The maximum Gasteiger partial charge on any atom is 0.167 e. The van der Waals surface area contributed by atoms with Crippen molar-refractivity contribution in [3.05, 3.63) is 16.7 Å². The van der Waals surface area contributed by atoms with Crippen molar-refractivity contribution in [2.45, 2.75) is 55.8 Å². The van der Waals surface area contributed by atoms with Crippen molar-refractivity contribution in [1.29, 1.82) is 5.26 Å². The van der Waals surface area contributed by atoms with Crippen molar-refractivity contribution >= 4 is 0 Å². The molecule has 0 saturated carbocycles. The lowest BCUT2D eigenvalue weighted by molar-refractivity contribution is -0.153. The first-order valence-corrected chi connectivity index (χ1v) is 11.0. The summed E-state index contributed by atoms with van der Waals surface area (Å²) in [7, 11) is 3.54. The summed E-state index contributed by atoms with van der Waals surface area (Å²) in [5.74, 6) is 0.498. The number of aromatic hydroxyl groups is 2. The molecule has 9 nitrogen and oxygen atoms in total. The van der Waals surface area contributed by atoms with Gasteiger partial charge < -0.3 is 24.8 Å². The second kappa shape index (κ2) is 6.47. The summed E-state index contributed by atoms with van der Waals surface area (Å²) in [6.07, 6.45) is 0.773. The van der Waals surface area contributed by atoms with E-state index in [1.54, 1.807) is 6.92 Å². The molecule has 1 aromatic rings. The molecule has 0 aromatic heterocycles. The number of nitrogens with zero attached hydrogens (tertiary/aromatic N) is 4. The number of ether oxygens (including phenoxy) is 2. The molecule has 5 aliphatic rings. The van der Waals surface area contributed by atoms with Crippen LogP contribution in [0.5, 0.6) is 17.2 Å². The number of aliphatic hydroxyl groups is 1. The van der Waals surface area contributed by atoms with Crippen LogP contribution in [0.3, 0.4) is 0 Å². The van der Waals surface area contributed by atoms with Crippen LogP contribution in [0.25, 0.3) is 0 Å². The maximum atomic E-state index is 11.3. The highest BCUT2D eigenvalue weighted by Crippen LogP contribution is 2.62. The molecule has 5 heterocycles. The highest BCUT2D eigenvalue weighted by atomic mass is 16.5. The van der Waals surface area contributed by atoms with Crippen LogP contribution >= 0.6 is 0 Å². The average molecular weight is 428 g/mol. The van der Waals surface area contributed by atoms with Crippen LogP contribution < -0.4 is 4.74 Å². The zero-order valence-electron chi connectivity index (χ0n) is 17.9. The Balaban J connectivity index is 1.68. The molecule has 4 fully saturated rings. The van der Waals surface area contributed by atoms with Crippen LogP contribution in [0.4, 0.5) is 0 Å². The summed E-state index contributed by atoms with van der Waals surface area (Å²) in [4.78, 5) is 6.73. The summed E-state index contributed by atoms with van der Waals surface area (Å²) in [5, 5.41) is 43.3. The summed E-state index contributed by atoms with van der Waals surface area (Å²) in [6, 6.07) is 1.30. The maximum absolute atomic E-state index is 11.3. The van der Waals surface area contributed by atoms with Gasteiger partial charge in [0.1, 0.15) is 18.0 Å². The molecule has 8 atom stereocenters. The number of methoxy groups -OCH3 is 1. The van der Waals surface area contributed by atoms with Gasteiger partial charge in [0.15, 0.2) is 11.5 Å². The number of piperidine rings is 1. The molecule has 166 valence electrons. The lowest BCUT2D eigenvalue weighted by atomic mass is 9.72. The lowest BCUT2D eigenvalue weighted by Gasteiger charge is -2.61. The van der Waals surface area contributed by atoms with Gasteiger partial charge in [-0.2, -0.15) is 5.26 Å². The molecule has 1 aromatic carbocycles. The second-order valence-electron chi connectivity index (χ2n) is 9.46. The summed E-state index contributed by atoms with van der Waals surface area (Å²) < 4.78 is 11.6. The Hall–Kier alpha value is -2.09. The van der Waals surface area contributed by atoms with Gasteiger partial charge in [-0.3, -0.25) is 14.7 Å². The van der Waals surface area contributed by atoms with Crippen molar-refractivity contribution in [3.8, 4) is 23.3 Å².